The predicted octanol–water partition coefficient (Wildman–Crippen LogP) is 19.3. The van der Waals surface area contributed by atoms with Crippen LogP contribution in [0.3, 0.4) is 0 Å². The highest BCUT2D eigenvalue weighted by Gasteiger charge is 2.40. The topological polar surface area (TPSA) is 26.0 Å². The number of rotatable bonds is 6. The molecule has 13 aromatic rings. The van der Waals surface area contributed by atoms with Crippen LogP contribution in [-0.2, 0) is 16.2 Å². The van der Waals surface area contributed by atoms with Crippen LogP contribution in [0.15, 0.2) is 231 Å². The van der Waals surface area contributed by atoms with Crippen LogP contribution in [0, 0.1) is 0 Å². The molecule has 3 aromatic heterocycles. The van der Waals surface area contributed by atoms with Gasteiger partial charge in [-0.2, -0.15) is 0 Å². The van der Waals surface area contributed by atoms with Gasteiger partial charge >= 0.3 is 0 Å². The van der Waals surface area contributed by atoms with Crippen LogP contribution in [0.5, 0.6) is 0 Å². The molecule has 4 heteroatoms. The predicted molar refractivity (Wildman–Crippen MR) is 326 cm³/mol. The largest absolute Gasteiger partial charge is 0.310 e. The molecule has 0 unspecified atom stereocenters. The third kappa shape index (κ3) is 6.14. The zero-order chi connectivity index (χ0) is 52.4. The van der Waals surface area contributed by atoms with E-state index >= 15 is 0 Å². The van der Waals surface area contributed by atoms with E-state index < -0.39 is 0 Å². The number of pyridine rings is 1. The Kier molecular flexibility index (Phi) is 9.18. The fourth-order valence-electron chi connectivity index (χ4n) is 14.4. The Balaban J connectivity index is 0.803. The highest BCUT2D eigenvalue weighted by molar-refractivity contribution is 6.13. The van der Waals surface area contributed by atoms with Gasteiger partial charge in [0.25, 0.3) is 0 Å². The monoisotopic (exact) mass is 1000 g/mol. The molecular formula is C74H56N4. The number of nitrogens with zero attached hydrogens (tertiary/aromatic N) is 4. The molecule has 4 nitrogen and oxygen atoms in total. The second-order valence-corrected chi connectivity index (χ2v) is 23.6. The van der Waals surface area contributed by atoms with E-state index in [4.69, 9.17) is 4.98 Å². The lowest BCUT2D eigenvalue weighted by atomic mass is 9.81. The first-order valence-electron chi connectivity index (χ1n) is 27.5. The number of anilines is 3. The molecule has 0 N–H and O–H groups in total. The van der Waals surface area contributed by atoms with E-state index in [1.165, 1.54) is 116 Å². The van der Waals surface area contributed by atoms with Crippen molar-refractivity contribution in [2.75, 3.05) is 4.90 Å². The molecule has 0 saturated heterocycles. The molecule has 3 aliphatic rings. The highest BCUT2D eigenvalue weighted by Crippen LogP contribution is 2.55. The van der Waals surface area contributed by atoms with Crippen molar-refractivity contribution in [2.24, 2.45) is 0 Å². The summed E-state index contributed by atoms with van der Waals surface area (Å²) in [6.07, 6.45) is 2.09. The molecule has 0 atom stereocenters. The van der Waals surface area contributed by atoms with Gasteiger partial charge in [0, 0.05) is 66.1 Å². The Morgan fingerprint density at radius 2 is 0.718 bits per heavy atom. The molecule has 0 amide bonds. The Morgan fingerprint density at radius 3 is 1.26 bits per heavy atom. The van der Waals surface area contributed by atoms with Gasteiger partial charge < -0.3 is 14.0 Å². The second-order valence-electron chi connectivity index (χ2n) is 23.6. The van der Waals surface area contributed by atoms with Gasteiger partial charge in [0.1, 0.15) is 0 Å². The van der Waals surface area contributed by atoms with Crippen LogP contribution in [0.1, 0.15) is 74.9 Å². The minimum Gasteiger partial charge on any atom is -0.310 e. The maximum Gasteiger partial charge on any atom is 0.0747 e. The van der Waals surface area contributed by atoms with Crippen LogP contribution >= 0.6 is 0 Å². The molecule has 372 valence electrons. The number of hydrogen-bond donors (Lipinski definition) is 0. The lowest BCUT2D eigenvalue weighted by Crippen LogP contribution is -2.19. The molecular weight excluding hydrogens is 945 g/mol. The van der Waals surface area contributed by atoms with Crippen LogP contribution in [0.2, 0.25) is 0 Å². The summed E-state index contributed by atoms with van der Waals surface area (Å²) < 4.78 is 4.80. The van der Waals surface area contributed by atoms with Crippen LogP contribution in [0.25, 0.3) is 99.6 Å². The minimum absolute atomic E-state index is 0.139. The van der Waals surface area contributed by atoms with Crippen molar-refractivity contribution in [2.45, 2.75) is 57.8 Å². The van der Waals surface area contributed by atoms with Gasteiger partial charge in [-0.15, -0.1) is 0 Å². The van der Waals surface area contributed by atoms with E-state index in [1.54, 1.807) is 0 Å². The van der Waals surface area contributed by atoms with E-state index in [0.717, 1.165) is 34.0 Å². The van der Waals surface area contributed by atoms with Gasteiger partial charge in [-0.3, -0.25) is 4.98 Å². The first-order valence-corrected chi connectivity index (χ1v) is 27.5. The lowest BCUT2D eigenvalue weighted by Gasteiger charge is -2.31. The molecule has 78 heavy (non-hydrogen) atoms. The number of aromatic nitrogens is 3. The fraction of sp³-hybridized carbons (Fsp3) is 0.122. The Morgan fingerprint density at radius 1 is 0.308 bits per heavy atom. The van der Waals surface area contributed by atoms with Gasteiger partial charge in [-0.05, 0) is 158 Å². The first-order chi connectivity index (χ1) is 37.9. The average Bonchev–Trinajstić information content (AvgIpc) is 4.26. The standard InChI is InChI=1S/C74H56N4/c1-72(2)61-24-14-10-20-52(61)54-33-30-48(40-63(54)72)76(49-31-34-55-53-21-11-15-25-62(53)73(3,4)64(55)41-49)50-32-35-58-65(42-50)74(5,6)66-43-51(44-75-71(58)66)78-68-27-17-13-23-57(68)60-39-46(29-37-70(60)78)45-28-36-69-59(38-45)56-22-12-16-26-67(56)77(69)47-18-8-7-9-19-47/h7-44H,1-6H3. The molecule has 0 saturated carbocycles. The van der Waals surface area contributed by atoms with Crippen molar-refractivity contribution in [3.63, 3.8) is 0 Å². The van der Waals surface area contributed by atoms with Crippen molar-refractivity contribution in [3.05, 3.63) is 264 Å². The Bertz CT molecular complexity index is 4610. The summed E-state index contributed by atoms with van der Waals surface area (Å²) >= 11 is 0. The second kappa shape index (κ2) is 15.9. The van der Waals surface area contributed by atoms with E-state index in [2.05, 4.69) is 286 Å². The first kappa shape index (κ1) is 45.0. The number of benzene rings is 10. The summed E-state index contributed by atoms with van der Waals surface area (Å²) in [7, 11) is 0. The van der Waals surface area contributed by atoms with Crippen LogP contribution in [0.4, 0.5) is 17.1 Å². The van der Waals surface area contributed by atoms with Gasteiger partial charge in [0.2, 0.25) is 0 Å². The van der Waals surface area contributed by atoms with E-state index in [0.29, 0.717) is 0 Å². The summed E-state index contributed by atoms with van der Waals surface area (Å²) in [5, 5.41) is 4.95. The fourth-order valence-corrected chi connectivity index (χ4v) is 14.4. The number of para-hydroxylation sites is 3. The van der Waals surface area contributed by atoms with Crippen LogP contribution in [-0.4, -0.2) is 14.1 Å². The molecule has 0 radical (unpaired) electrons. The number of fused-ring (bicyclic) bond motifs is 15. The molecule has 0 spiro atoms. The Hall–Kier alpha value is -9.25. The average molecular weight is 1000 g/mol. The van der Waals surface area contributed by atoms with E-state index in [1.807, 2.05) is 0 Å². The molecule has 0 aliphatic heterocycles. The molecule has 3 aliphatic carbocycles. The Labute approximate surface area is 455 Å². The van der Waals surface area contributed by atoms with Crippen molar-refractivity contribution in [1.82, 2.24) is 14.1 Å². The number of hydrogen-bond acceptors (Lipinski definition) is 2. The van der Waals surface area contributed by atoms with Gasteiger partial charge in [-0.25, -0.2) is 0 Å². The van der Waals surface area contributed by atoms with Gasteiger partial charge in [0.15, 0.2) is 0 Å². The van der Waals surface area contributed by atoms with Crippen molar-refractivity contribution in [3.8, 4) is 56.0 Å². The van der Waals surface area contributed by atoms with Crippen molar-refractivity contribution < 1.29 is 0 Å². The minimum atomic E-state index is -0.341. The highest BCUT2D eigenvalue weighted by atomic mass is 15.1. The normalized spacial score (nSPS) is 14.8. The molecule has 16 rings (SSSR count). The zero-order valence-corrected chi connectivity index (χ0v) is 44.7. The SMILES string of the molecule is CC1(C)c2ccccc2-c2ccc(N(c3ccc4c(c3)C(C)(C)c3ccccc3-4)c3ccc4c(c3)C(C)(C)c3cc(-n5c6ccccc6c6cc(-c7ccc8c(c7)c7ccccc7n8-c7ccccc7)ccc65)cnc3-4)cc21. The van der Waals surface area contributed by atoms with E-state index in [9.17, 15) is 0 Å². The smallest absolute Gasteiger partial charge is 0.0747 e. The van der Waals surface area contributed by atoms with Gasteiger partial charge in [0.05, 0.1) is 39.6 Å². The summed E-state index contributed by atoms with van der Waals surface area (Å²) in [6, 6.07) is 84.0. The lowest BCUT2D eigenvalue weighted by molar-refractivity contribution is 0.658. The summed E-state index contributed by atoms with van der Waals surface area (Å²) in [5.41, 5.74) is 27.7. The molecule has 3 heterocycles. The van der Waals surface area contributed by atoms with E-state index in [-0.39, 0.29) is 16.2 Å². The quantitative estimate of drug-likeness (QED) is 0.166. The maximum absolute atomic E-state index is 5.41. The van der Waals surface area contributed by atoms with Crippen LogP contribution < -0.4 is 4.90 Å². The third-order valence-electron chi connectivity index (χ3n) is 18.3. The molecule has 10 aromatic carbocycles. The zero-order valence-electron chi connectivity index (χ0n) is 44.7. The van der Waals surface area contributed by atoms with Crippen molar-refractivity contribution >= 4 is 60.7 Å². The summed E-state index contributed by atoms with van der Waals surface area (Å²) in [4.78, 5) is 7.92. The molecule has 0 fully saturated rings. The summed E-state index contributed by atoms with van der Waals surface area (Å²) in [6.45, 7) is 14.3. The van der Waals surface area contributed by atoms with Gasteiger partial charge in [-0.1, -0.05) is 175 Å². The third-order valence-corrected chi connectivity index (χ3v) is 18.3. The summed E-state index contributed by atoms with van der Waals surface area (Å²) in [5.74, 6) is 0. The maximum atomic E-state index is 5.41. The van der Waals surface area contributed by atoms with Crippen molar-refractivity contribution in [1.29, 1.82) is 0 Å². The molecule has 0 bridgehead atoms.